The molecule has 0 saturated carbocycles. The van der Waals surface area contributed by atoms with E-state index in [0.717, 1.165) is 41.5 Å². The minimum absolute atomic E-state index is 0.196. The number of aryl methyl sites for hydroxylation is 1. The first-order valence-corrected chi connectivity index (χ1v) is 8.86. The highest BCUT2D eigenvalue weighted by Crippen LogP contribution is 2.50. The molecule has 0 bridgehead atoms. The Morgan fingerprint density at radius 3 is 3.09 bits per heavy atom. The molecule has 3 atom stereocenters. The van der Waals surface area contributed by atoms with Crippen molar-refractivity contribution in [3.8, 4) is 0 Å². The van der Waals surface area contributed by atoms with Gasteiger partial charge in [0.1, 0.15) is 11.9 Å². The Kier molecular flexibility index (Phi) is 3.57. The molecule has 0 radical (unpaired) electrons. The first-order chi connectivity index (χ1) is 10.6. The lowest BCUT2D eigenvalue weighted by atomic mass is 9.78. The van der Waals surface area contributed by atoms with Crippen LogP contribution in [0.3, 0.4) is 0 Å². The quantitative estimate of drug-likeness (QED) is 0.854. The van der Waals surface area contributed by atoms with Gasteiger partial charge in [-0.15, -0.1) is 11.3 Å². The highest BCUT2D eigenvalue weighted by Gasteiger charge is 2.46. The molecular weight excluding hydrogens is 320 g/mol. The van der Waals surface area contributed by atoms with E-state index in [4.69, 9.17) is 20.9 Å². The largest absolute Gasteiger partial charge is 0.369 e. The summed E-state index contributed by atoms with van der Waals surface area (Å²) in [5.74, 6) is 0. The number of thiophene rings is 1. The third-order valence-corrected chi connectivity index (χ3v) is 6.25. The fourth-order valence-corrected chi connectivity index (χ4v) is 5.36. The average molecular weight is 339 g/mol. The Morgan fingerprint density at radius 1 is 1.45 bits per heavy atom. The molecule has 2 aliphatic heterocycles. The van der Waals surface area contributed by atoms with Gasteiger partial charge < -0.3 is 14.6 Å². The van der Waals surface area contributed by atoms with Crippen LogP contribution in [0.5, 0.6) is 0 Å². The number of ether oxygens (including phenoxy) is 1. The van der Waals surface area contributed by atoms with Crippen LogP contribution in [-0.4, -0.2) is 17.8 Å². The van der Waals surface area contributed by atoms with Crippen LogP contribution >= 0.6 is 22.9 Å². The summed E-state index contributed by atoms with van der Waals surface area (Å²) in [5.41, 5.74) is 3.20. The maximum atomic E-state index is 6.35. The Hall–Kier alpha value is -0.880. The summed E-state index contributed by atoms with van der Waals surface area (Å²) < 4.78 is 12.3. The van der Waals surface area contributed by atoms with Crippen LogP contribution in [0.4, 0.5) is 0 Å². The van der Waals surface area contributed by atoms with Gasteiger partial charge in [-0.2, -0.15) is 0 Å². The summed E-state index contributed by atoms with van der Waals surface area (Å²) in [6.45, 7) is 4.97. The SMILES string of the molecule is Cc1nocc1[C@@H]1C[C@]2(C[C@H](C)N1)OCCc1cc(Cl)sc12. The zero-order valence-corrected chi connectivity index (χ0v) is 14.3. The monoisotopic (exact) mass is 338 g/mol. The van der Waals surface area contributed by atoms with E-state index >= 15 is 0 Å². The van der Waals surface area contributed by atoms with Gasteiger partial charge in [-0.05, 0) is 38.3 Å². The standard InChI is InChI=1S/C16H19ClN2O2S/c1-9-6-16(7-13(18-9)12-8-21-19-10(12)2)15-11(3-4-20-16)5-14(17)22-15/h5,8-9,13,18H,3-4,6-7H2,1-2H3/t9-,13-,16-/m0/s1. The van der Waals surface area contributed by atoms with E-state index in [9.17, 15) is 0 Å². The van der Waals surface area contributed by atoms with Crippen molar-refractivity contribution in [1.82, 2.24) is 10.5 Å². The molecule has 4 rings (SSSR count). The summed E-state index contributed by atoms with van der Waals surface area (Å²) in [7, 11) is 0. The highest BCUT2D eigenvalue weighted by atomic mass is 35.5. The van der Waals surface area contributed by atoms with Gasteiger partial charge in [0.2, 0.25) is 0 Å². The van der Waals surface area contributed by atoms with E-state index in [1.807, 2.05) is 6.92 Å². The first-order valence-electron chi connectivity index (χ1n) is 7.67. The molecule has 0 amide bonds. The third kappa shape index (κ3) is 2.31. The number of nitrogens with one attached hydrogen (secondary N) is 1. The smallest absolute Gasteiger partial charge is 0.128 e. The number of hydrogen-bond donors (Lipinski definition) is 1. The van der Waals surface area contributed by atoms with Crippen molar-refractivity contribution in [2.75, 3.05) is 6.61 Å². The van der Waals surface area contributed by atoms with Crippen molar-refractivity contribution in [2.45, 2.75) is 50.8 Å². The Bertz CT molecular complexity index is 698. The highest BCUT2D eigenvalue weighted by molar-refractivity contribution is 7.16. The van der Waals surface area contributed by atoms with E-state index in [1.54, 1.807) is 17.6 Å². The lowest BCUT2D eigenvalue weighted by molar-refractivity contribution is -0.0955. The third-order valence-electron chi connectivity index (χ3n) is 4.76. The summed E-state index contributed by atoms with van der Waals surface area (Å²) in [5, 5.41) is 7.68. The van der Waals surface area contributed by atoms with E-state index in [-0.39, 0.29) is 11.6 Å². The molecule has 22 heavy (non-hydrogen) atoms. The number of aromatic nitrogens is 1. The van der Waals surface area contributed by atoms with Crippen LogP contribution in [0.25, 0.3) is 0 Å². The van der Waals surface area contributed by atoms with Gasteiger partial charge >= 0.3 is 0 Å². The van der Waals surface area contributed by atoms with Gasteiger partial charge in [-0.25, -0.2) is 0 Å². The number of hydrogen-bond acceptors (Lipinski definition) is 5. The van der Waals surface area contributed by atoms with Gasteiger partial charge in [-0.1, -0.05) is 16.8 Å². The lowest BCUT2D eigenvalue weighted by Crippen LogP contribution is -2.49. The van der Waals surface area contributed by atoms with E-state index in [1.165, 1.54) is 10.4 Å². The zero-order valence-electron chi connectivity index (χ0n) is 12.7. The normalized spacial score (nSPS) is 31.4. The molecule has 2 aliphatic rings. The van der Waals surface area contributed by atoms with Crippen LogP contribution < -0.4 is 5.32 Å². The van der Waals surface area contributed by atoms with Crippen LogP contribution in [0.15, 0.2) is 16.9 Å². The minimum Gasteiger partial charge on any atom is -0.369 e. The van der Waals surface area contributed by atoms with Crippen molar-refractivity contribution in [3.05, 3.63) is 38.4 Å². The number of nitrogens with zero attached hydrogens (tertiary/aromatic N) is 1. The second-order valence-corrected chi connectivity index (χ2v) is 8.06. The van der Waals surface area contributed by atoms with Crippen molar-refractivity contribution in [3.63, 3.8) is 0 Å². The van der Waals surface area contributed by atoms with Crippen LogP contribution in [0.1, 0.15) is 47.5 Å². The molecule has 118 valence electrons. The molecule has 0 aliphatic carbocycles. The summed E-state index contributed by atoms with van der Waals surface area (Å²) in [6.07, 6.45) is 4.57. The molecular formula is C16H19ClN2O2S. The molecule has 1 spiro atoms. The predicted molar refractivity (Wildman–Crippen MR) is 86.5 cm³/mol. The van der Waals surface area contributed by atoms with Crippen LogP contribution in [0.2, 0.25) is 4.34 Å². The number of piperidine rings is 1. The van der Waals surface area contributed by atoms with Gasteiger partial charge in [0, 0.05) is 28.9 Å². The molecule has 2 aromatic heterocycles. The Balaban J connectivity index is 1.74. The van der Waals surface area contributed by atoms with Crippen molar-refractivity contribution < 1.29 is 9.26 Å². The Morgan fingerprint density at radius 2 is 2.32 bits per heavy atom. The number of fused-ring (bicyclic) bond motifs is 2. The topological polar surface area (TPSA) is 47.3 Å². The second kappa shape index (κ2) is 5.34. The minimum atomic E-state index is -0.232. The maximum absolute atomic E-state index is 6.35. The predicted octanol–water partition coefficient (Wildman–Crippen LogP) is 3.98. The van der Waals surface area contributed by atoms with Crippen LogP contribution in [0, 0.1) is 6.92 Å². The Labute approximate surface area is 138 Å². The fraction of sp³-hybridized carbons (Fsp3) is 0.562. The second-order valence-electron chi connectivity index (χ2n) is 6.38. The molecule has 6 heteroatoms. The van der Waals surface area contributed by atoms with Crippen LogP contribution in [-0.2, 0) is 16.8 Å². The molecule has 2 aromatic rings. The van der Waals surface area contributed by atoms with Crippen molar-refractivity contribution >= 4 is 22.9 Å². The van der Waals surface area contributed by atoms with Gasteiger partial charge in [0.15, 0.2) is 0 Å². The molecule has 0 unspecified atom stereocenters. The molecule has 4 nitrogen and oxygen atoms in total. The van der Waals surface area contributed by atoms with Gasteiger partial charge in [-0.3, -0.25) is 0 Å². The van der Waals surface area contributed by atoms with Gasteiger partial charge in [0.05, 0.1) is 16.6 Å². The molecule has 1 saturated heterocycles. The summed E-state index contributed by atoms with van der Waals surface area (Å²) in [4.78, 5) is 1.32. The van der Waals surface area contributed by atoms with Gasteiger partial charge in [0.25, 0.3) is 0 Å². The molecule has 1 N–H and O–H groups in total. The molecule has 1 fully saturated rings. The number of halogens is 1. The molecule has 4 heterocycles. The fourth-order valence-electron chi connectivity index (χ4n) is 3.89. The van der Waals surface area contributed by atoms with Crippen molar-refractivity contribution in [1.29, 1.82) is 0 Å². The lowest BCUT2D eigenvalue weighted by Gasteiger charge is -2.46. The zero-order chi connectivity index (χ0) is 15.3. The summed E-state index contributed by atoms with van der Waals surface area (Å²) >= 11 is 7.95. The van der Waals surface area contributed by atoms with Crippen molar-refractivity contribution in [2.24, 2.45) is 0 Å². The first kappa shape index (κ1) is 14.7. The molecule has 0 aromatic carbocycles. The maximum Gasteiger partial charge on any atom is 0.128 e. The average Bonchev–Trinajstić information content (AvgIpc) is 3.04. The van der Waals surface area contributed by atoms with E-state index in [0.29, 0.717) is 6.04 Å². The van der Waals surface area contributed by atoms with E-state index < -0.39 is 0 Å². The summed E-state index contributed by atoms with van der Waals surface area (Å²) in [6, 6.07) is 2.67. The van der Waals surface area contributed by atoms with E-state index in [2.05, 4.69) is 23.5 Å². The number of rotatable bonds is 1.